The molecule has 0 aliphatic heterocycles. The zero-order valence-electron chi connectivity index (χ0n) is 9.47. The first-order valence-electron chi connectivity index (χ1n) is 5.14. The molecule has 1 N–H and O–H groups in total. The average Bonchev–Trinajstić information content (AvgIpc) is 2.73. The predicted molar refractivity (Wildman–Crippen MR) is 59.2 cm³/mol. The van der Waals surface area contributed by atoms with Crippen molar-refractivity contribution in [2.45, 2.75) is 20.0 Å². The Balaban J connectivity index is 2.73. The van der Waals surface area contributed by atoms with Crippen molar-refractivity contribution in [1.82, 2.24) is 10.3 Å². The van der Waals surface area contributed by atoms with E-state index < -0.39 is 11.2 Å². The SMILES string of the molecule is CCNCC(C)C(=O)c1cnc(C(F)(F)F)s1. The van der Waals surface area contributed by atoms with Crippen LogP contribution in [0.1, 0.15) is 28.5 Å². The van der Waals surface area contributed by atoms with Crippen LogP contribution in [0.3, 0.4) is 0 Å². The van der Waals surface area contributed by atoms with E-state index >= 15 is 0 Å². The highest BCUT2D eigenvalue weighted by Gasteiger charge is 2.35. The lowest BCUT2D eigenvalue weighted by molar-refractivity contribution is -0.137. The lowest BCUT2D eigenvalue weighted by Gasteiger charge is -2.08. The van der Waals surface area contributed by atoms with Gasteiger partial charge in [-0.15, -0.1) is 11.3 Å². The van der Waals surface area contributed by atoms with E-state index in [-0.39, 0.29) is 16.6 Å². The summed E-state index contributed by atoms with van der Waals surface area (Å²) in [5, 5.41) is 2.00. The van der Waals surface area contributed by atoms with Crippen molar-refractivity contribution >= 4 is 17.1 Å². The predicted octanol–water partition coefficient (Wildman–Crippen LogP) is 2.59. The second-order valence-electron chi connectivity index (χ2n) is 3.60. The van der Waals surface area contributed by atoms with E-state index in [9.17, 15) is 18.0 Å². The Morgan fingerprint density at radius 2 is 2.24 bits per heavy atom. The third-order valence-corrected chi connectivity index (χ3v) is 3.20. The summed E-state index contributed by atoms with van der Waals surface area (Å²) in [6, 6.07) is 0. The van der Waals surface area contributed by atoms with E-state index in [0.29, 0.717) is 24.4 Å². The standard InChI is InChI=1S/C10H13F3N2OS/c1-3-14-4-6(2)8(16)7-5-15-9(17-7)10(11,12)13/h5-6,14H,3-4H2,1-2H3. The molecule has 1 aromatic heterocycles. The first kappa shape index (κ1) is 14.1. The number of hydrogen-bond donors (Lipinski definition) is 1. The number of alkyl halides is 3. The van der Waals surface area contributed by atoms with Crippen molar-refractivity contribution in [2.24, 2.45) is 5.92 Å². The highest BCUT2D eigenvalue weighted by atomic mass is 32.1. The first-order valence-corrected chi connectivity index (χ1v) is 5.95. The molecule has 1 unspecified atom stereocenters. The molecule has 1 aromatic rings. The molecule has 1 heterocycles. The summed E-state index contributed by atoms with van der Waals surface area (Å²) in [5.41, 5.74) is 0. The van der Waals surface area contributed by atoms with Crippen molar-refractivity contribution in [1.29, 1.82) is 0 Å². The van der Waals surface area contributed by atoms with Crippen LogP contribution in [-0.2, 0) is 6.18 Å². The number of aromatic nitrogens is 1. The van der Waals surface area contributed by atoms with E-state index in [0.717, 1.165) is 6.20 Å². The van der Waals surface area contributed by atoms with Crippen LogP contribution < -0.4 is 5.32 Å². The van der Waals surface area contributed by atoms with Crippen LogP contribution >= 0.6 is 11.3 Å². The molecule has 0 aliphatic carbocycles. The van der Waals surface area contributed by atoms with Gasteiger partial charge in [-0.3, -0.25) is 4.79 Å². The quantitative estimate of drug-likeness (QED) is 0.833. The van der Waals surface area contributed by atoms with E-state index in [4.69, 9.17) is 0 Å². The molecule has 0 aromatic carbocycles. The number of nitrogens with zero attached hydrogens (tertiary/aromatic N) is 1. The normalized spacial score (nSPS) is 13.7. The van der Waals surface area contributed by atoms with Crippen LogP contribution in [0.2, 0.25) is 0 Å². The fourth-order valence-electron chi connectivity index (χ4n) is 1.22. The molecule has 0 aliphatic rings. The van der Waals surface area contributed by atoms with Gasteiger partial charge in [-0.05, 0) is 6.54 Å². The molecule has 3 nitrogen and oxygen atoms in total. The van der Waals surface area contributed by atoms with E-state index in [1.165, 1.54) is 0 Å². The summed E-state index contributed by atoms with van der Waals surface area (Å²) in [7, 11) is 0. The molecule has 0 bridgehead atoms. The molecular formula is C10H13F3N2OS. The van der Waals surface area contributed by atoms with Gasteiger partial charge < -0.3 is 5.32 Å². The molecule has 17 heavy (non-hydrogen) atoms. The maximum absolute atomic E-state index is 12.3. The second kappa shape index (κ2) is 5.59. The van der Waals surface area contributed by atoms with Crippen LogP contribution in [0.4, 0.5) is 13.2 Å². The van der Waals surface area contributed by atoms with E-state index in [1.807, 2.05) is 6.92 Å². The van der Waals surface area contributed by atoms with Gasteiger partial charge in [-0.2, -0.15) is 13.2 Å². The van der Waals surface area contributed by atoms with Gasteiger partial charge in [0, 0.05) is 18.7 Å². The first-order chi connectivity index (χ1) is 7.86. The van der Waals surface area contributed by atoms with E-state index in [1.54, 1.807) is 6.92 Å². The maximum atomic E-state index is 12.3. The minimum atomic E-state index is -4.48. The van der Waals surface area contributed by atoms with Gasteiger partial charge in [0.1, 0.15) is 0 Å². The fraction of sp³-hybridized carbons (Fsp3) is 0.600. The number of hydrogen-bond acceptors (Lipinski definition) is 4. The lowest BCUT2D eigenvalue weighted by atomic mass is 10.1. The largest absolute Gasteiger partial charge is 0.443 e. The number of nitrogens with one attached hydrogen (secondary N) is 1. The van der Waals surface area contributed by atoms with Crippen molar-refractivity contribution in [2.75, 3.05) is 13.1 Å². The van der Waals surface area contributed by atoms with Gasteiger partial charge in [0.25, 0.3) is 0 Å². The maximum Gasteiger partial charge on any atom is 0.443 e. The Morgan fingerprint density at radius 1 is 1.59 bits per heavy atom. The summed E-state index contributed by atoms with van der Waals surface area (Å²) < 4.78 is 36.9. The van der Waals surface area contributed by atoms with Gasteiger partial charge >= 0.3 is 6.18 Å². The molecule has 0 fully saturated rings. The summed E-state index contributed by atoms with van der Waals surface area (Å²) in [6.45, 7) is 4.74. The number of ketones is 1. The zero-order chi connectivity index (χ0) is 13.1. The minimum Gasteiger partial charge on any atom is -0.316 e. The monoisotopic (exact) mass is 266 g/mol. The van der Waals surface area contributed by atoms with Gasteiger partial charge in [0.15, 0.2) is 10.8 Å². The Bertz CT molecular complexity index is 389. The molecule has 96 valence electrons. The molecule has 0 saturated heterocycles. The number of carbonyl (C=O) groups is 1. The van der Waals surface area contributed by atoms with E-state index in [2.05, 4.69) is 10.3 Å². The molecule has 0 spiro atoms. The number of carbonyl (C=O) groups excluding carboxylic acids is 1. The van der Waals surface area contributed by atoms with Gasteiger partial charge in [0.2, 0.25) is 0 Å². The Labute approximate surface area is 101 Å². The van der Waals surface area contributed by atoms with Crippen LogP contribution in [-0.4, -0.2) is 23.9 Å². The summed E-state index contributed by atoms with van der Waals surface area (Å²) in [4.78, 5) is 15.0. The molecule has 1 rings (SSSR count). The topological polar surface area (TPSA) is 42.0 Å². The number of halogens is 3. The molecule has 0 radical (unpaired) electrons. The fourth-order valence-corrected chi connectivity index (χ4v) is 2.05. The molecule has 7 heteroatoms. The minimum absolute atomic E-state index is 0.0581. The van der Waals surface area contributed by atoms with Gasteiger partial charge in [-0.1, -0.05) is 13.8 Å². The average molecular weight is 266 g/mol. The van der Waals surface area contributed by atoms with Gasteiger partial charge in [-0.25, -0.2) is 4.98 Å². The third kappa shape index (κ3) is 3.78. The summed E-state index contributed by atoms with van der Waals surface area (Å²) >= 11 is 0.396. The zero-order valence-corrected chi connectivity index (χ0v) is 10.3. The highest BCUT2D eigenvalue weighted by molar-refractivity contribution is 7.13. The van der Waals surface area contributed by atoms with Crippen molar-refractivity contribution in [3.05, 3.63) is 16.1 Å². The highest BCUT2D eigenvalue weighted by Crippen LogP contribution is 2.32. The summed E-state index contributed by atoms with van der Waals surface area (Å²) in [6.07, 6.45) is -3.48. The Hall–Kier alpha value is -0.950. The number of thiazole rings is 1. The van der Waals surface area contributed by atoms with Crippen molar-refractivity contribution in [3.63, 3.8) is 0 Å². The van der Waals surface area contributed by atoms with Crippen molar-refractivity contribution in [3.8, 4) is 0 Å². The smallest absolute Gasteiger partial charge is 0.316 e. The second-order valence-corrected chi connectivity index (χ2v) is 4.63. The Kier molecular flexibility index (Phi) is 4.64. The van der Waals surface area contributed by atoms with Gasteiger partial charge in [0.05, 0.1) is 4.88 Å². The lowest BCUT2D eigenvalue weighted by Crippen LogP contribution is -2.25. The van der Waals surface area contributed by atoms with Crippen LogP contribution in [0.5, 0.6) is 0 Å². The third-order valence-electron chi connectivity index (χ3n) is 2.14. The number of Topliss-reactive ketones (excluding diaryl/α,β-unsaturated/α-hetero) is 1. The number of rotatable bonds is 5. The summed E-state index contributed by atoms with van der Waals surface area (Å²) in [5.74, 6) is -0.657. The van der Waals surface area contributed by atoms with Crippen LogP contribution in [0, 0.1) is 5.92 Å². The van der Waals surface area contributed by atoms with Crippen molar-refractivity contribution < 1.29 is 18.0 Å². The molecule has 1 atom stereocenters. The molecule has 0 amide bonds. The van der Waals surface area contributed by atoms with Crippen LogP contribution in [0.25, 0.3) is 0 Å². The Morgan fingerprint density at radius 3 is 2.71 bits per heavy atom. The molecule has 0 saturated carbocycles. The van der Waals surface area contributed by atoms with Crippen LogP contribution in [0.15, 0.2) is 6.20 Å². The molecular weight excluding hydrogens is 253 g/mol.